The maximum Gasteiger partial charge on any atom is 0.256 e. The first kappa shape index (κ1) is 14.5. The van der Waals surface area contributed by atoms with Crippen LogP contribution in [0.1, 0.15) is 23.7 Å². The molecule has 0 saturated carbocycles. The van der Waals surface area contributed by atoms with E-state index in [0.29, 0.717) is 30.6 Å². The molecule has 0 heterocycles. The van der Waals surface area contributed by atoms with Crippen molar-refractivity contribution in [1.82, 2.24) is 4.90 Å². The predicted molar refractivity (Wildman–Crippen MR) is 69.3 cm³/mol. The van der Waals surface area contributed by atoms with Gasteiger partial charge in [0.1, 0.15) is 11.6 Å². The highest BCUT2D eigenvalue weighted by molar-refractivity contribution is 7.80. The second-order valence-electron chi connectivity index (χ2n) is 3.73. The lowest BCUT2D eigenvalue weighted by molar-refractivity contribution is 0.0764. The van der Waals surface area contributed by atoms with E-state index in [-0.39, 0.29) is 5.56 Å². The topological polar surface area (TPSA) is 46.3 Å². The van der Waals surface area contributed by atoms with Crippen LogP contribution in [-0.2, 0) is 0 Å². The van der Waals surface area contributed by atoms with Crippen molar-refractivity contribution in [3.63, 3.8) is 0 Å². The quantitative estimate of drug-likeness (QED) is 0.835. The summed E-state index contributed by atoms with van der Waals surface area (Å²) in [5, 5.41) is 0. The van der Waals surface area contributed by atoms with E-state index in [1.165, 1.54) is 4.90 Å². The Labute approximate surface area is 110 Å². The molecule has 0 unspecified atom stereocenters. The van der Waals surface area contributed by atoms with Gasteiger partial charge in [-0.2, -0.15) is 0 Å². The SMILES string of the molecule is CCN(CCC(N)=S)C(=O)c1ccc(F)cc1F. The lowest BCUT2D eigenvalue weighted by Crippen LogP contribution is -2.34. The number of carbonyl (C=O) groups excluding carboxylic acids is 1. The molecule has 0 saturated heterocycles. The third kappa shape index (κ3) is 3.73. The van der Waals surface area contributed by atoms with Crippen LogP contribution in [0, 0.1) is 11.6 Å². The molecular weight excluding hydrogens is 258 g/mol. The zero-order valence-corrected chi connectivity index (χ0v) is 10.8. The number of halogens is 2. The zero-order chi connectivity index (χ0) is 13.7. The summed E-state index contributed by atoms with van der Waals surface area (Å²) in [6.07, 6.45) is 0.373. The largest absolute Gasteiger partial charge is 0.393 e. The Bertz CT molecular complexity index is 465. The van der Waals surface area contributed by atoms with E-state index in [1.54, 1.807) is 6.92 Å². The molecule has 0 aliphatic rings. The van der Waals surface area contributed by atoms with Crippen LogP contribution < -0.4 is 5.73 Å². The van der Waals surface area contributed by atoms with Crippen molar-refractivity contribution in [2.45, 2.75) is 13.3 Å². The Hall–Kier alpha value is -1.56. The van der Waals surface area contributed by atoms with Gasteiger partial charge in [-0.3, -0.25) is 4.79 Å². The Balaban J connectivity index is 2.86. The maximum absolute atomic E-state index is 13.5. The minimum absolute atomic E-state index is 0.152. The predicted octanol–water partition coefficient (Wildman–Crippen LogP) is 2.10. The molecule has 1 amide bonds. The molecule has 0 fully saturated rings. The van der Waals surface area contributed by atoms with E-state index in [2.05, 4.69) is 0 Å². The number of thiocarbonyl (C=S) groups is 1. The summed E-state index contributed by atoms with van der Waals surface area (Å²) in [6.45, 7) is 2.48. The molecule has 0 radical (unpaired) electrons. The van der Waals surface area contributed by atoms with E-state index in [0.717, 1.165) is 12.1 Å². The molecule has 3 nitrogen and oxygen atoms in total. The molecule has 1 aromatic rings. The molecule has 0 aliphatic carbocycles. The molecule has 0 aromatic heterocycles. The normalized spacial score (nSPS) is 10.2. The number of amides is 1. The van der Waals surface area contributed by atoms with Gasteiger partial charge in [-0.25, -0.2) is 8.78 Å². The highest BCUT2D eigenvalue weighted by Gasteiger charge is 2.18. The average Bonchev–Trinajstić information content (AvgIpc) is 2.29. The van der Waals surface area contributed by atoms with Crippen molar-refractivity contribution in [1.29, 1.82) is 0 Å². The highest BCUT2D eigenvalue weighted by atomic mass is 32.1. The van der Waals surface area contributed by atoms with Crippen molar-refractivity contribution in [2.75, 3.05) is 13.1 Å². The molecule has 1 rings (SSSR count). The van der Waals surface area contributed by atoms with Gasteiger partial charge in [0.2, 0.25) is 0 Å². The van der Waals surface area contributed by atoms with Crippen LogP contribution in [0.2, 0.25) is 0 Å². The van der Waals surface area contributed by atoms with Gasteiger partial charge in [0, 0.05) is 25.6 Å². The molecule has 6 heteroatoms. The van der Waals surface area contributed by atoms with Crippen LogP contribution in [0.15, 0.2) is 18.2 Å². The molecule has 1 aromatic carbocycles. The van der Waals surface area contributed by atoms with Gasteiger partial charge in [0.25, 0.3) is 5.91 Å². The smallest absolute Gasteiger partial charge is 0.256 e. The van der Waals surface area contributed by atoms with Crippen molar-refractivity contribution in [2.24, 2.45) is 5.73 Å². The number of nitrogens with zero attached hydrogens (tertiary/aromatic N) is 1. The van der Waals surface area contributed by atoms with Crippen molar-refractivity contribution in [3.8, 4) is 0 Å². The summed E-state index contributed by atoms with van der Waals surface area (Å²) in [6, 6.07) is 2.88. The number of carbonyl (C=O) groups is 1. The van der Waals surface area contributed by atoms with Crippen molar-refractivity contribution in [3.05, 3.63) is 35.4 Å². The number of hydrogen-bond donors (Lipinski definition) is 1. The van der Waals surface area contributed by atoms with Gasteiger partial charge in [-0.1, -0.05) is 12.2 Å². The summed E-state index contributed by atoms with van der Waals surface area (Å²) in [5.74, 6) is -2.07. The Morgan fingerprint density at radius 3 is 2.61 bits per heavy atom. The summed E-state index contributed by atoms with van der Waals surface area (Å²) in [7, 11) is 0. The van der Waals surface area contributed by atoms with Crippen LogP contribution in [-0.4, -0.2) is 28.9 Å². The Morgan fingerprint density at radius 1 is 1.44 bits per heavy atom. The van der Waals surface area contributed by atoms with E-state index in [4.69, 9.17) is 18.0 Å². The van der Waals surface area contributed by atoms with E-state index >= 15 is 0 Å². The minimum atomic E-state index is -0.867. The summed E-state index contributed by atoms with van der Waals surface area (Å²) < 4.78 is 26.2. The first-order chi connectivity index (χ1) is 8.45. The molecule has 0 atom stereocenters. The third-order valence-corrected chi connectivity index (χ3v) is 2.66. The van der Waals surface area contributed by atoms with Gasteiger partial charge in [-0.05, 0) is 19.1 Å². The Morgan fingerprint density at radius 2 is 2.11 bits per heavy atom. The van der Waals surface area contributed by atoms with Crippen molar-refractivity contribution < 1.29 is 13.6 Å². The Kier molecular flexibility index (Phi) is 5.15. The molecular formula is C12H14F2N2OS. The molecule has 98 valence electrons. The lowest BCUT2D eigenvalue weighted by atomic mass is 10.1. The van der Waals surface area contributed by atoms with Crippen LogP contribution in [0.3, 0.4) is 0 Å². The average molecular weight is 272 g/mol. The van der Waals surface area contributed by atoms with Crippen LogP contribution in [0.5, 0.6) is 0 Å². The minimum Gasteiger partial charge on any atom is -0.393 e. The molecule has 2 N–H and O–H groups in total. The van der Waals surface area contributed by atoms with E-state index < -0.39 is 17.5 Å². The van der Waals surface area contributed by atoms with Gasteiger partial charge in [0.15, 0.2) is 0 Å². The molecule has 0 aliphatic heterocycles. The number of benzene rings is 1. The van der Waals surface area contributed by atoms with Gasteiger partial charge < -0.3 is 10.6 Å². The van der Waals surface area contributed by atoms with Crippen LogP contribution in [0.25, 0.3) is 0 Å². The molecule has 0 bridgehead atoms. The standard InChI is InChI=1S/C12H14F2N2OS/c1-2-16(6-5-11(15)18)12(17)9-4-3-8(13)7-10(9)14/h3-4,7H,2,5-6H2,1H3,(H2,15,18). The van der Waals surface area contributed by atoms with Crippen LogP contribution in [0.4, 0.5) is 8.78 Å². The first-order valence-electron chi connectivity index (χ1n) is 5.48. The summed E-state index contributed by atoms with van der Waals surface area (Å²) in [4.78, 5) is 13.7. The summed E-state index contributed by atoms with van der Waals surface area (Å²) >= 11 is 4.72. The number of nitrogens with two attached hydrogens (primary N) is 1. The fourth-order valence-electron chi connectivity index (χ4n) is 1.48. The number of hydrogen-bond acceptors (Lipinski definition) is 2. The van der Waals surface area contributed by atoms with E-state index in [9.17, 15) is 13.6 Å². The summed E-state index contributed by atoms with van der Waals surface area (Å²) in [5.41, 5.74) is 5.20. The number of rotatable bonds is 5. The van der Waals surface area contributed by atoms with Crippen LogP contribution >= 0.6 is 12.2 Å². The van der Waals surface area contributed by atoms with Crippen molar-refractivity contribution >= 4 is 23.1 Å². The van der Waals surface area contributed by atoms with E-state index in [1.807, 2.05) is 0 Å². The molecule has 0 spiro atoms. The van der Waals surface area contributed by atoms with Gasteiger partial charge in [-0.15, -0.1) is 0 Å². The lowest BCUT2D eigenvalue weighted by Gasteiger charge is -2.20. The fraction of sp³-hybridized carbons (Fsp3) is 0.333. The zero-order valence-electron chi connectivity index (χ0n) is 9.95. The maximum atomic E-state index is 13.5. The second-order valence-corrected chi connectivity index (χ2v) is 4.25. The second kappa shape index (κ2) is 6.39. The fourth-order valence-corrected chi connectivity index (χ4v) is 1.57. The van der Waals surface area contributed by atoms with Gasteiger partial charge >= 0.3 is 0 Å². The van der Waals surface area contributed by atoms with Gasteiger partial charge in [0.05, 0.1) is 10.6 Å². The highest BCUT2D eigenvalue weighted by Crippen LogP contribution is 2.12. The molecule has 18 heavy (non-hydrogen) atoms. The third-order valence-electron chi connectivity index (χ3n) is 2.46. The monoisotopic (exact) mass is 272 g/mol. The first-order valence-corrected chi connectivity index (χ1v) is 5.89.